The van der Waals surface area contributed by atoms with Gasteiger partial charge in [0, 0.05) is 43.6 Å². The van der Waals surface area contributed by atoms with Crippen LogP contribution in [0.25, 0.3) is 0 Å². The number of aryl methyl sites for hydroxylation is 1. The highest BCUT2D eigenvalue weighted by Crippen LogP contribution is 2.26. The van der Waals surface area contributed by atoms with E-state index in [1.807, 2.05) is 0 Å². The fourth-order valence-corrected chi connectivity index (χ4v) is 3.44. The SMILES string of the molecule is Cc1ccc(N2CCN(C3CCCC3)CC2)cc1N. The highest BCUT2D eigenvalue weighted by Gasteiger charge is 2.26. The van der Waals surface area contributed by atoms with E-state index in [0.29, 0.717) is 0 Å². The van der Waals surface area contributed by atoms with E-state index in [9.17, 15) is 0 Å². The maximum atomic E-state index is 6.02. The van der Waals surface area contributed by atoms with Gasteiger partial charge in [-0.15, -0.1) is 0 Å². The quantitative estimate of drug-likeness (QED) is 0.829. The molecule has 1 aliphatic heterocycles. The summed E-state index contributed by atoms with van der Waals surface area (Å²) in [6.45, 7) is 6.76. The van der Waals surface area contributed by atoms with E-state index in [4.69, 9.17) is 5.73 Å². The largest absolute Gasteiger partial charge is 0.398 e. The van der Waals surface area contributed by atoms with Crippen LogP contribution in [0.4, 0.5) is 11.4 Å². The Bertz CT molecular complexity index is 430. The van der Waals surface area contributed by atoms with Crippen molar-refractivity contribution in [2.45, 2.75) is 38.6 Å². The van der Waals surface area contributed by atoms with Crippen LogP contribution in [0.15, 0.2) is 18.2 Å². The predicted octanol–water partition coefficient (Wildman–Crippen LogP) is 2.64. The average Bonchev–Trinajstić information content (AvgIpc) is 2.96. The molecule has 2 fully saturated rings. The summed E-state index contributed by atoms with van der Waals surface area (Å²) in [4.78, 5) is 5.17. The third-order valence-electron chi connectivity index (χ3n) is 4.78. The minimum atomic E-state index is 0.866. The molecule has 1 aliphatic carbocycles. The van der Waals surface area contributed by atoms with Crippen LogP contribution in [0.5, 0.6) is 0 Å². The molecule has 2 aliphatic rings. The van der Waals surface area contributed by atoms with E-state index in [2.05, 4.69) is 34.9 Å². The lowest BCUT2D eigenvalue weighted by molar-refractivity contribution is 0.187. The summed E-state index contributed by atoms with van der Waals surface area (Å²) < 4.78 is 0. The lowest BCUT2D eigenvalue weighted by Gasteiger charge is -2.39. The summed E-state index contributed by atoms with van der Waals surface area (Å²) in [6.07, 6.45) is 5.69. The topological polar surface area (TPSA) is 32.5 Å². The Morgan fingerprint density at radius 1 is 1.05 bits per heavy atom. The smallest absolute Gasteiger partial charge is 0.0387 e. The normalized spacial score (nSPS) is 22.1. The van der Waals surface area contributed by atoms with Crippen LogP contribution in [-0.2, 0) is 0 Å². The highest BCUT2D eigenvalue weighted by atomic mass is 15.3. The van der Waals surface area contributed by atoms with Gasteiger partial charge in [-0.3, -0.25) is 4.90 Å². The summed E-state index contributed by atoms with van der Waals surface area (Å²) in [5.41, 5.74) is 9.39. The monoisotopic (exact) mass is 259 g/mol. The summed E-state index contributed by atoms with van der Waals surface area (Å²) in [5, 5.41) is 0. The number of nitrogen functional groups attached to an aromatic ring is 1. The van der Waals surface area contributed by atoms with E-state index in [-0.39, 0.29) is 0 Å². The van der Waals surface area contributed by atoms with Gasteiger partial charge in [-0.05, 0) is 37.5 Å². The van der Waals surface area contributed by atoms with Gasteiger partial charge in [0.25, 0.3) is 0 Å². The summed E-state index contributed by atoms with van der Waals surface area (Å²) >= 11 is 0. The molecule has 0 amide bonds. The van der Waals surface area contributed by atoms with E-state index < -0.39 is 0 Å². The van der Waals surface area contributed by atoms with Gasteiger partial charge in [0.1, 0.15) is 0 Å². The number of benzene rings is 1. The predicted molar refractivity (Wildman–Crippen MR) is 81.6 cm³/mol. The minimum Gasteiger partial charge on any atom is -0.398 e. The second kappa shape index (κ2) is 5.41. The van der Waals surface area contributed by atoms with E-state index in [1.54, 1.807) is 0 Å². The second-order valence-electron chi connectivity index (χ2n) is 6.00. The molecule has 0 unspecified atom stereocenters. The van der Waals surface area contributed by atoms with Gasteiger partial charge in [0.05, 0.1) is 0 Å². The molecule has 104 valence electrons. The van der Waals surface area contributed by atoms with Crippen LogP contribution in [-0.4, -0.2) is 37.1 Å². The first-order valence-electron chi connectivity index (χ1n) is 7.59. The Morgan fingerprint density at radius 3 is 2.37 bits per heavy atom. The van der Waals surface area contributed by atoms with Crippen LogP contribution in [0.1, 0.15) is 31.2 Å². The first kappa shape index (κ1) is 12.8. The van der Waals surface area contributed by atoms with Crippen molar-refractivity contribution in [1.29, 1.82) is 0 Å². The molecule has 3 rings (SSSR count). The van der Waals surface area contributed by atoms with Gasteiger partial charge in [0.2, 0.25) is 0 Å². The Hall–Kier alpha value is -1.22. The molecule has 1 saturated heterocycles. The number of piperazine rings is 1. The molecule has 2 N–H and O–H groups in total. The van der Waals surface area contributed by atoms with Crippen LogP contribution in [0.3, 0.4) is 0 Å². The molecule has 0 radical (unpaired) electrons. The van der Waals surface area contributed by atoms with Crippen LogP contribution >= 0.6 is 0 Å². The van der Waals surface area contributed by atoms with E-state index in [1.165, 1.54) is 50.0 Å². The lowest BCUT2D eigenvalue weighted by atomic mass is 10.1. The number of nitrogens with zero attached hydrogens (tertiary/aromatic N) is 2. The number of hydrogen-bond acceptors (Lipinski definition) is 3. The van der Waals surface area contributed by atoms with Crippen LogP contribution < -0.4 is 10.6 Å². The van der Waals surface area contributed by atoms with Gasteiger partial charge >= 0.3 is 0 Å². The van der Waals surface area contributed by atoms with Crippen molar-refractivity contribution in [3.05, 3.63) is 23.8 Å². The molecule has 1 aromatic carbocycles. The third-order valence-corrected chi connectivity index (χ3v) is 4.78. The van der Waals surface area contributed by atoms with Crippen LogP contribution in [0, 0.1) is 6.92 Å². The molecule has 0 aromatic heterocycles. The number of rotatable bonds is 2. The Kier molecular flexibility index (Phi) is 3.65. The zero-order chi connectivity index (χ0) is 13.2. The minimum absolute atomic E-state index is 0.866. The molecule has 19 heavy (non-hydrogen) atoms. The molecule has 0 spiro atoms. The van der Waals surface area contributed by atoms with Crippen molar-refractivity contribution in [3.8, 4) is 0 Å². The van der Waals surface area contributed by atoms with Crippen molar-refractivity contribution in [1.82, 2.24) is 4.90 Å². The van der Waals surface area contributed by atoms with Gasteiger partial charge in [-0.2, -0.15) is 0 Å². The molecule has 1 saturated carbocycles. The second-order valence-corrected chi connectivity index (χ2v) is 6.00. The molecule has 0 atom stereocenters. The Morgan fingerprint density at radius 2 is 1.74 bits per heavy atom. The molecular formula is C16H25N3. The van der Waals surface area contributed by atoms with Crippen molar-refractivity contribution >= 4 is 11.4 Å². The summed E-state index contributed by atoms with van der Waals surface area (Å²) in [6, 6.07) is 7.33. The molecule has 3 heteroatoms. The fraction of sp³-hybridized carbons (Fsp3) is 0.625. The van der Waals surface area contributed by atoms with Gasteiger partial charge in [-0.1, -0.05) is 18.9 Å². The number of nitrogens with two attached hydrogens (primary N) is 1. The molecule has 0 bridgehead atoms. The molecule has 1 aromatic rings. The number of anilines is 2. The Labute approximate surface area is 116 Å². The lowest BCUT2D eigenvalue weighted by Crippen LogP contribution is -2.49. The summed E-state index contributed by atoms with van der Waals surface area (Å²) in [7, 11) is 0. The first-order valence-corrected chi connectivity index (χ1v) is 7.59. The third kappa shape index (κ3) is 2.71. The van der Waals surface area contributed by atoms with Crippen molar-refractivity contribution in [2.75, 3.05) is 36.8 Å². The average molecular weight is 259 g/mol. The number of hydrogen-bond donors (Lipinski definition) is 1. The van der Waals surface area contributed by atoms with Crippen LogP contribution in [0.2, 0.25) is 0 Å². The van der Waals surface area contributed by atoms with E-state index >= 15 is 0 Å². The van der Waals surface area contributed by atoms with Crippen molar-refractivity contribution in [3.63, 3.8) is 0 Å². The highest BCUT2D eigenvalue weighted by molar-refractivity contribution is 5.59. The van der Waals surface area contributed by atoms with Crippen molar-refractivity contribution < 1.29 is 0 Å². The molecule has 1 heterocycles. The fourth-order valence-electron chi connectivity index (χ4n) is 3.44. The molecular weight excluding hydrogens is 234 g/mol. The zero-order valence-corrected chi connectivity index (χ0v) is 11.9. The maximum Gasteiger partial charge on any atom is 0.0387 e. The van der Waals surface area contributed by atoms with Crippen molar-refractivity contribution in [2.24, 2.45) is 0 Å². The summed E-state index contributed by atoms with van der Waals surface area (Å²) in [5.74, 6) is 0. The first-order chi connectivity index (χ1) is 9.24. The standard InChI is InChI=1S/C16H25N3/c1-13-6-7-15(12-16(13)17)19-10-8-18(9-11-19)14-4-2-3-5-14/h6-7,12,14H,2-5,8-11,17H2,1H3. The van der Waals surface area contributed by atoms with Gasteiger partial charge < -0.3 is 10.6 Å². The van der Waals surface area contributed by atoms with Gasteiger partial charge in [-0.25, -0.2) is 0 Å². The van der Waals surface area contributed by atoms with E-state index in [0.717, 1.165) is 24.8 Å². The molecule has 3 nitrogen and oxygen atoms in total. The van der Waals surface area contributed by atoms with Gasteiger partial charge in [0.15, 0.2) is 0 Å². The Balaban J connectivity index is 1.61. The zero-order valence-electron chi connectivity index (χ0n) is 11.9. The maximum absolute atomic E-state index is 6.02.